The summed E-state index contributed by atoms with van der Waals surface area (Å²) in [7, 11) is 1.68. The minimum Gasteiger partial charge on any atom is -0.497 e. The third-order valence-corrected chi connectivity index (χ3v) is 5.28. The van der Waals surface area contributed by atoms with Crippen molar-refractivity contribution in [2.45, 2.75) is 13.0 Å². The lowest BCUT2D eigenvalue weighted by molar-refractivity contribution is -0.892. The van der Waals surface area contributed by atoms with Crippen LogP contribution in [0.5, 0.6) is 5.75 Å². The molecule has 0 aliphatic carbocycles. The number of halogens is 1. The Morgan fingerprint density at radius 2 is 1.93 bits per heavy atom. The smallest absolute Gasteiger partial charge is 0.275 e. The number of hydrogen-bond acceptors (Lipinski definition) is 3. The maximum Gasteiger partial charge on any atom is 0.275 e. The average Bonchev–Trinajstić information content (AvgIpc) is 2.68. The van der Waals surface area contributed by atoms with Crippen LogP contribution in [0.1, 0.15) is 18.5 Å². The largest absolute Gasteiger partial charge is 0.497 e. The molecule has 0 radical (unpaired) electrons. The molecule has 0 spiro atoms. The lowest BCUT2D eigenvalue weighted by Crippen LogP contribution is -3.15. The lowest BCUT2D eigenvalue weighted by atomic mass is 10.1. The highest BCUT2D eigenvalue weighted by Gasteiger charge is 2.23. The zero-order valence-electron chi connectivity index (χ0n) is 15.9. The molecule has 1 saturated heterocycles. The fraction of sp³-hybridized carbons (Fsp3) is 0.381. The van der Waals surface area contributed by atoms with Crippen molar-refractivity contribution in [3.05, 3.63) is 59.1 Å². The topological polar surface area (TPSA) is 46.0 Å². The third kappa shape index (κ3) is 5.37. The molecular formula is C21H27ClN3O2+. The van der Waals surface area contributed by atoms with Crippen LogP contribution in [0.15, 0.2) is 48.5 Å². The highest BCUT2D eigenvalue weighted by molar-refractivity contribution is 6.30. The Morgan fingerprint density at radius 1 is 1.22 bits per heavy atom. The van der Waals surface area contributed by atoms with Crippen molar-refractivity contribution in [3.63, 3.8) is 0 Å². The minimum atomic E-state index is -0.0452. The van der Waals surface area contributed by atoms with E-state index in [9.17, 15) is 4.79 Å². The Bertz CT molecular complexity index is 758. The SMILES string of the molecule is COc1ccc(N2CC[NH+](CC(=O)N[C@@H](C)c3cccc(Cl)c3)CC2)cc1. The highest BCUT2D eigenvalue weighted by atomic mass is 35.5. The van der Waals surface area contributed by atoms with E-state index >= 15 is 0 Å². The number of ether oxygens (including phenoxy) is 1. The Labute approximate surface area is 165 Å². The van der Waals surface area contributed by atoms with Crippen LogP contribution in [0.3, 0.4) is 0 Å². The number of quaternary nitrogens is 1. The molecule has 27 heavy (non-hydrogen) atoms. The van der Waals surface area contributed by atoms with Crippen LogP contribution in [-0.2, 0) is 4.79 Å². The molecular weight excluding hydrogens is 362 g/mol. The van der Waals surface area contributed by atoms with Crippen molar-refractivity contribution >= 4 is 23.2 Å². The molecule has 6 heteroatoms. The summed E-state index contributed by atoms with van der Waals surface area (Å²) in [6, 6.07) is 15.7. The van der Waals surface area contributed by atoms with E-state index in [-0.39, 0.29) is 11.9 Å². The van der Waals surface area contributed by atoms with E-state index < -0.39 is 0 Å². The van der Waals surface area contributed by atoms with Gasteiger partial charge in [-0.25, -0.2) is 0 Å². The predicted molar refractivity (Wildman–Crippen MR) is 109 cm³/mol. The Balaban J connectivity index is 1.46. The first-order chi connectivity index (χ1) is 13.0. The van der Waals surface area contributed by atoms with Crippen LogP contribution in [0.4, 0.5) is 5.69 Å². The highest BCUT2D eigenvalue weighted by Crippen LogP contribution is 2.19. The van der Waals surface area contributed by atoms with Gasteiger partial charge in [0, 0.05) is 10.7 Å². The number of rotatable bonds is 6. The molecule has 1 amide bonds. The van der Waals surface area contributed by atoms with E-state index in [1.807, 2.05) is 43.3 Å². The third-order valence-electron chi connectivity index (χ3n) is 5.04. The molecule has 2 N–H and O–H groups in total. The molecule has 0 aromatic heterocycles. The van der Waals surface area contributed by atoms with Crippen LogP contribution in [-0.4, -0.2) is 45.7 Å². The normalized spacial score (nSPS) is 16.0. The predicted octanol–water partition coefficient (Wildman–Crippen LogP) is 1.93. The van der Waals surface area contributed by atoms with Crippen molar-refractivity contribution in [2.24, 2.45) is 0 Å². The van der Waals surface area contributed by atoms with Crippen molar-refractivity contribution in [2.75, 3.05) is 44.7 Å². The summed E-state index contributed by atoms with van der Waals surface area (Å²) < 4.78 is 5.21. The van der Waals surface area contributed by atoms with Crippen molar-refractivity contribution in [3.8, 4) is 5.75 Å². The molecule has 2 aromatic rings. The molecule has 0 saturated carbocycles. The molecule has 1 atom stereocenters. The quantitative estimate of drug-likeness (QED) is 0.795. The molecule has 1 aliphatic rings. The van der Waals surface area contributed by atoms with E-state index in [0.29, 0.717) is 11.6 Å². The molecule has 144 valence electrons. The molecule has 1 heterocycles. The van der Waals surface area contributed by atoms with Gasteiger partial charge in [0.05, 0.1) is 39.3 Å². The number of nitrogens with zero attached hydrogens (tertiary/aromatic N) is 1. The van der Waals surface area contributed by atoms with Crippen LogP contribution >= 0.6 is 11.6 Å². The number of piperazine rings is 1. The fourth-order valence-corrected chi connectivity index (χ4v) is 3.63. The number of carbonyl (C=O) groups is 1. The van der Waals surface area contributed by atoms with E-state index in [1.165, 1.54) is 10.6 Å². The van der Waals surface area contributed by atoms with Gasteiger partial charge in [-0.2, -0.15) is 0 Å². The Hall–Kier alpha value is -2.24. The van der Waals surface area contributed by atoms with Crippen molar-refractivity contribution in [1.82, 2.24) is 5.32 Å². The van der Waals surface area contributed by atoms with Gasteiger partial charge in [0.2, 0.25) is 0 Å². The standard InChI is InChI=1S/C21H26ClN3O2/c1-16(17-4-3-5-18(22)14-17)23-21(26)15-24-10-12-25(13-11-24)19-6-8-20(27-2)9-7-19/h3-9,14,16H,10-13,15H2,1-2H3,(H,23,26)/p+1/t16-/m0/s1. The summed E-state index contributed by atoms with van der Waals surface area (Å²) >= 11 is 6.03. The molecule has 5 nitrogen and oxygen atoms in total. The summed E-state index contributed by atoms with van der Waals surface area (Å²) in [5.41, 5.74) is 2.23. The summed E-state index contributed by atoms with van der Waals surface area (Å²) in [5.74, 6) is 0.948. The minimum absolute atomic E-state index is 0.0452. The van der Waals surface area contributed by atoms with Crippen LogP contribution in [0.25, 0.3) is 0 Å². The van der Waals surface area contributed by atoms with Gasteiger partial charge >= 0.3 is 0 Å². The fourth-order valence-electron chi connectivity index (χ4n) is 3.43. The zero-order chi connectivity index (χ0) is 19.2. The second-order valence-electron chi connectivity index (χ2n) is 6.96. The molecule has 2 aromatic carbocycles. The van der Waals surface area contributed by atoms with Gasteiger partial charge in [-0.3, -0.25) is 4.79 Å². The van der Waals surface area contributed by atoms with Gasteiger partial charge in [-0.05, 0) is 48.9 Å². The maximum atomic E-state index is 12.4. The lowest BCUT2D eigenvalue weighted by Gasteiger charge is -2.33. The van der Waals surface area contributed by atoms with E-state index in [0.717, 1.165) is 37.5 Å². The molecule has 1 aliphatic heterocycles. The number of nitrogens with one attached hydrogen (secondary N) is 2. The van der Waals surface area contributed by atoms with Crippen LogP contribution in [0.2, 0.25) is 5.02 Å². The number of hydrogen-bond donors (Lipinski definition) is 2. The summed E-state index contributed by atoms with van der Waals surface area (Å²) in [6.45, 7) is 6.27. The summed E-state index contributed by atoms with van der Waals surface area (Å²) in [4.78, 5) is 16.1. The Morgan fingerprint density at radius 3 is 2.56 bits per heavy atom. The van der Waals surface area contributed by atoms with Crippen molar-refractivity contribution < 1.29 is 14.4 Å². The number of amides is 1. The first-order valence-corrected chi connectivity index (χ1v) is 9.70. The first kappa shape index (κ1) is 19.5. The number of anilines is 1. The van der Waals surface area contributed by atoms with E-state index in [1.54, 1.807) is 7.11 Å². The van der Waals surface area contributed by atoms with Gasteiger partial charge in [0.15, 0.2) is 6.54 Å². The van der Waals surface area contributed by atoms with Gasteiger partial charge < -0.3 is 19.9 Å². The second-order valence-corrected chi connectivity index (χ2v) is 7.39. The Kier molecular flexibility index (Phi) is 6.58. The monoisotopic (exact) mass is 388 g/mol. The van der Waals surface area contributed by atoms with Gasteiger partial charge in [-0.1, -0.05) is 23.7 Å². The van der Waals surface area contributed by atoms with Gasteiger partial charge in [-0.15, -0.1) is 0 Å². The molecule has 3 rings (SSSR count). The zero-order valence-corrected chi connectivity index (χ0v) is 16.6. The van der Waals surface area contributed by atoms with E-state index in [2.05, 4.69) is 22.3 Å². The van der Waals surface area contributed by atoms with Gasteiger partial charge in [0.25, 0.3) is 5.91 Å². The van der Waals surface area contributed by atoms with Crippen LogP contribution < -0.4 is 19.9 Å². The van der Waals surface area contributed by atoms with Crippen molar-refractivity contribution in [1.29, 1.82) is 0 Å². The maximum absolute atomic E-state index is 12.4. The number of carbonyl (C=O) groups excluding carboxylic acids is 1. The van der Waals surface area contributed by atoms with Gasteiger partial charge in [0.1, 0.15) is 5.75 Å². The molecule has 1 fully saturated rings. The number of benzene rings is 2. The number of methoxy groups -OCH3 is 1. The average molecular weight is 389 g/mol. The second kappa shape index (κ2) is 9.11. The summed E-state index contributed by atoms with van der Waals surface area (Å²) in [5, 5.41) is 3.77. The summed E-state index contributed by atoms with van der Waals surface area (Å²) in [6.07, 6.45) is 0. The van der Waals surface area contributed by atoms with E-state index in [4.69, 9.17) is 16.3 Å². The van der Waals surface area contributed by atoms with Crippen LogP contribution in [0, 0.1) is 0 Å². The molecule has 0 bridgehead atoms. The molecule has 0 unspecified atom stereocenters. The first-order valence-electron chi connectivity index (χ1n) is 9.32.